The molecule has 0 spiro atoms. The zero-order valence-corrected chi connectivity index (χ0v) is 13.3. The highest BCUT2D eigenvalue weighted by Crippen LogP contribution is 2.22. The van der Waals surface area contributed by atoms with Crippen LogP contribution in [-0.2, 0) is 4.79 Å². The fourth-order valence-corrected chi connectivity index (χ4v) is 2.19. The Morgan fingerprint density at radius 2 is 1.67 bits per heavy atom. The van der Waals surface area contributed by atoms with Gasteiger partial charge in [-0.15, -0.1) is 0 Å². The number of nitrogens with zero attached hydrogens (tertiary/aromatic N) is 2. The molecule has 1 heterocycles. The van der Waals surface area contributed by atoms with E-state index in [0.717, 1.165) is 24.5 Å². The van der Waals surface area contributed by atoms with Crippen molar-refractivity contribution in [3.63, 3.8) is 0 Å². The van der Waals surface area contributed by atoms with E-state index >= 15 is 0 Å². The summed E-state index contributed by atoms with van der Waals surface area (Å²) in [7, 11) is 3.34. The third-order valence-corrected chi connectivity index (χ3v) is 3.44. The summed E-state index contributed by atoms with van der Waals surface area (Å²) in [5.74, 6) is 0.340. The van der Waals surface area contributed by atoms with Crippen LogP contribution in [0.3, 0.4) is 0 Å². The van der Waals surface area contributed by atoms with E-state index in [1.165, 1.54) is 0 Å². The predicted molar refractivity (Wildman–Crippen MR) is 87.1 cm³/mol. The quantitative estimate of drug-likeness (QED) is 0.911. The van der Waals surface area contributed by atoms with Crippen molar-refractivity contribution in [2.75, 3.05) is 37.0 Å². The summed E-state index contributed by atoms with van der Waals surface area (Å²) in [6.45, 7) is 5.56. The van der Waals surface area contributed by atoms with Crippen molar-refractivity contribution in [1.29, 1.82) is 0 Å². The van der Waals surface area contributed by atoms with Gasteiger partial charge in [0.15, 0.2) is 0 Å². The number of hydrogen-bond donors (Lipinski definition) is 1. The molecule has 21 heavy (non-hydrogen) atoms. The Kier molecular flexibility index (Phi) is 6.72. The van der Waals surface area contributed by atoms with Crippen molar-refractivity contribution in [2.24, 2.45) is 0 Å². The van der Waals surface area contributed by atoms with Gasteiger partial charge in [0.1, 0.15) is 5.78 Å². The van der Waals surface area contributed by atoms with E-state index in [9.17, 15) is 9.59 Å². The monoisotopic (exact) mass is 291 g/mol. The van der Waals surface area contributed by atoms with Crippen molar-refractivity contribution in [3.05, 3.63) is 24.3 Å². The van der Waals surface area contributed by atoms with Gasteiger partial charge < -0.3 is 10.2 Å². The van der Waals surface area contributed by atoms with E-state index in [2.05, 4.69) is 10.2 Å². The lowest BCUT2D eigenvalue weighted by atomic mass is 10.1. The maximum atomic E-state index is 11.5. The molecule has 2 amide bonds. The molecule has 2 rings (SSSR count). The molecule has 5 heteroatoms. The largest absolute Gasteiger partial charge is 0.371 e. The van der Waals surface area contributed by atoms with Crippen molar-refractivity contribution in [1.82, 2.24) is 5.32 Å². The van der Waals surface area contributed by atoms with Crippen LogP contribution in [0.25, 0.3) is 0 Å². The maximum Gasteiger partial charge on any atom is 0.321 e. The van der Waals surface area contributed by atoms with Gasteiger partial charge in [0, 0.05) is 51.4 Å². The Morgan fingerprint density at radius 3 is 2.14 bits per heavy atom. The van der Waals surface area contributed by atoms with Crippen molar-refractivity contribution in [2.45, 2.75) is 26.7 Å². The number of benzene rings is 1. The molecule has 1 aliphatic heterocycles. The Balaban J connectivity index is 0.00000106. The SMILES string of the molecule is CC.CNC(=O)N(C)c1ccc(N2CCC(=O)CC2)cc1. The topological polar surface area (TPSA) is 52.7 Å². The van der Waals surface area contributed by atoms with Crippen LogP contribution < -0.4 is 15.1 Å². The lowest BCUT2D eigenvalue weighted by Crippen LogP contribution is -2.35. The van der Waals surface area contributed by atoms with E-state index in [1.807, 2.05) is 38.1 Å². The Morgan fingerprint density at radius 1 is 1.14 bits per heavy atom. The number of anilines is 2. The number of nitrogens with one attached hydrogen (secondary N) is 1. The van der Waals surface area contributed by atoms with Gasteiger partial charge in [-0.1, -0.05) is 13.8 Å². The molecule has 0 radical (unpaired) electrons. The molecule has 1 aromatic rings. The minimum absolute atomic E-state index is 0.142. The number of ketones is 1. The molecule has 116 valence electrons. The summed E-state index contributed by atoms with van der Waals surface area (Å²) >= 11 is 0. The average Bonchev–Trinajstić information content (AvgIpc) is 2.56. The van der Waals surface area contributed by atoms with Crippen LogP contribution in [0.1, 0.15) is 26.7 Å². The molecule has 1 saturated heterocycles. The van der Waals surface area contributed by atoms with Crippen LogP contribution in [0, 0.1) is 0 Å². The summed E-state index contributed by atoms with van der Waals surface area (Å²) in [4.78, 5) is 26.5. The maximum absolute atomic E-state index is 11.5. The van der Waals surface area contributed by atoms with E-state index in [4.69, 9.17) is 0 Å². The van der Waals surface area contributed by atoms with E-state index in [-0.39, 0.29) is 6.03 Å². The minimum atomic E-state index is -0.142. The first kappa shape index (κ1) is 17.0. The van der Waals surface area contributed by atoms with Gasteiger partial charge in [-0.05, 0) is 24.3 Å². The lowest BCUT2D eigenvalue weighted by Gasteiger charge is -2.28. The molecule has 0 saturated carbocycles. The van der Waals surface area contributed by atoms with Crippen molar-refractivity contribution < 1.29 is 9.59 Å². The zero-order chi connectivity index (χ0) is 15.8. The highest BCUT2D eigenvalue weighted by molar-refractivity contribution is 5.91. The molecule has 0 bridgehead atoms. The Hall–Kier alpha value is -2.04. The number of piperidine rings is 1. The van der Waals surface area contributed by atoms with Gasteiger partial charge in [0.2, 0.25) is 0 Å². The molecular formula is C16H25N3O2. The molecule has 1 aromatic carbocycles. The molecule has 0 unspecified atom stereocenters. The molecule has 0 atom stereocenters. The smallest absolute Gasteiger partial charge is 0.321 e. The molecule has 1 N–H and O–H groups in total. The second kappa shape index (κ2) is 8.29. The van der Waals surface area contributed by atoms with Crippen molar-refractivity contribution in [3.8, 4) is 0 Å². The Labute approximate surface area is 126 Å². The van der Waals surface area contributed by atoms with E-state index in [0.29, 0.717) is 18.6 Å². The van der Waals surface area contributed by atoms with Crippen LogP contribution in [0.2, 0.25) is 0 Å². The number of carbonyl (C=O) groups excluding carboxylic acids is 2. The second-order valence-corrected chi connectivity index (χ2v) is 4.66. The summed E-state index contributed by atoms with van der Waals surface area (Å²) in [5.41, 5.74) is 1.94. The van der Waals surface area contributed by atoms with Crippen LogP contribution in [0.15, 0.2) is 24.3 Å². The number of carbonyl (C=O) groups is 2. The van der Waals surface area contributed by atoms with Crippen LogP contribution in [0.5, 0.6) is 0 Å². The summed E-state index contributed by atoms with van der Waals surface area (Å²) in [6.07, 6.45) is 1.25. The third-order valence-electron chi connectivity index (χ3n) is 3.44. The first-order valence-electron chi connectivity index (χ1n) is 7.44. The fraction of sp³-hybridized carbons (Fsp3) is 0.500. The first-order chi connectivity index (χ1) is 10.1. The van der Waals surface area contributed by atoms with Crippen molar-refractivity contribution >= 4 is 23.2 Å². The average molecular weight is 291 g/mol. The number of hydrogen-bond acceptors (Lipinski definition) is 3. The number of amides is 2. The van der Waals surface area contributed by atoms with Gasteiger partial charge in [-0.3, -0.25) is 9.69 Å². The van der Waals surface area contributed by atoms with Crippen LogP contribution in [0.4, 0.5) is 16.2 Å². The standard InChI is InChI=1S/C14H19N3O2.C2H6/c1-15-14(19)16(2)11-3-5-12(6-4-11)17-9-7-13(18)8-10-17;1-2/h3-6H,7-10H2,1-2H3,(H,15,19);1-2H3. The highest BCUT2D eigenvalue weighted by Gasteiger charge is 2.16. The van der Waals surface area contributed by atoms with Gasteiger partial charge in [0.05, 0.1) is 0 Å². The Bertz CT molecular complexity index is 461. The normalized spacial score (nSPS) is 14.1. The highest BCUT2D eigenvalue weighted by atomic mass is 16.2. The summed E-state index contributed by atoms with van der Waals surface area (Å²) in [5, 5.41) is 2.59. The van der Waals surface area contributed by atoms with Gasteiger partial charge >= 0.3 is 6.03 Å². The van der Waals surface area contributed by atoms with Gasteiger partial charge in [-0.2, -0.15) is 0 Å². The van der Waals surface area contributed by atoms with Crippen LogP contribution >= 0.6 is 0 Å². The number of Topliss-reactive ketones (excluding diaryl/α,β-unsaturated/α-hetero) is 1. The van der Waals surface area contributed by atoms with E-state index in [1.54, 1.807) is 19.0 Å². The minimum Gasteiger partial charge on any atom is -0.371 e. The van der Waals surface area contributed by atoms with E-state index < -0.39 is 0 Å². The molecule has 0 aromatic heterocycles. The first-order valence-corrected chi connectivity index (χ1v) is 7.44. The van der Waals surface area contributed by atoms with Gasteiger partial charge in [-0.25, -0.2) is 4.79 Å². The zero-order valence-electron chi connectivity index (χ0n) is 13.3. The molecule has 5 nitrogen and oxygen atoms in total. The number of rotatable bonds is 2. The summed E-state index contributed by atoms with van der Waals surface area (Å²) in [6, 6.07) is 7.67. The molecule has 0 aliphatic carbocycles. The molecule has 1 aliphatic rings. The second-order valence-electron chi connectivity index (χ2n) is 4.66. The third kappa shape index (κ3) is 4.48. The lowest BCUT2D eigenvalue weighted by molar-refractivity contribution is -0.119. The fourth-order valence-electron chi connectivity index (χ4n) is 2.19. The molecule has 1 fully saturated rings. The molecular weight excluding hydrogens is 266 g/mol. The van der Waals surface area contributed by atoms with Crippen LogP contribution in [-0.4, -0.2) is 39.0 Å². The number of urea groups is 1. The predicted octanol–water partition coefficient (Wildman–Crippen LogP) is 2.66. The van der Waals surface area contributed by atoms with Gasteiger partial charge in [0.25, 0.3) is 0 Å². The summed E-state index contributed by atoms with van der Waals surface area (Å²) < 4.78 is 0.